The number of carbonyl (C=O) groups excluding carboxylic acids is 1. The molecule has 0 saturated heterocycles. The van der Waals surface area contributed by atoms with Crippen LogP contribution in [-0.4, -0.2) is 24.5 Å². The Hall–Kier alpha value is -2.40. The number of aryl methyl sites for hydroxylation is 2. The molecule has 5 heteroatoms. The molecule has 0 spiro atoms. The summed E-state index contributed by atoms with van der Waals surface area (Å²) in [5.41, 5.74) is 4.18. The minimum Gasteiger partial charge on any atom is -0.342 e. The average Bonchev–Trinajstić information content (AvgIpc) is 2.95. The zero-order valence-electron chi connectivity index (χ0n) is 13.5. The number of nitrogens with one attached hydrogen (secondary N) is 1. The number of hydrogen-bond donors (Lipinski definition) is 1. The summed E-state index contributed by atoms with van der Waals surface area (Å²) in [7, 11) is 1.89. The maximum Gasteiger partial charge on any atom is 0.243 e. The Morgan fingerprint density at radius 2 is 1.96 bits per heavy atom. The Kier molecular flexibility index (Phi) is 4.30. The van der Waals surface area contributed by atoms with Crippen molar-refractivity contribution in [1.82, 2.24) is 4.98 Å². The molecule has 0 unspecified atom stereocenters. The van der Waals surface area contributed by atoms with Gasteiger partial charge in [0.25, 0.3) is 0 Å². The summed E-state index contributed by atoms with van der Waals surface area (Å²) in [6.45, 7) is 4.37. The van der Waals surface area contributed by atoms with Gasteiger partial charge in [-0.1, -0.05) is 29.5 Å². The highest BCUT2D eigenvalue weighted by Crippen LogP contribution is 2.27. The van der Waals surface area contributed by atoms with Crippen LogP contribution < -0.4 is 10.2 Å². The number of benzene rings is 2. The fourth-order valence-electron chi connectivity index (χ4n) is 2.33. The molecular weight excluding hydrogens is 306 g/mol. The lowest BCUT2D eigenvalue weighted by Gasteiger charge is -2.15. The monoisotopic (exact) mass is 325 g/mol. The molecule has 0 aliphatic heterocycles. The summed E-state index contributed by atoms with van der Waals surface area (Å²) >= 11 is 1.59. The Morgan fingerprint density at radius 3 is 2.70 bits per heavy atom. The third-order valence-corrected chi connectivity index (χ3v) is 4.93. The number of fused-ring (bicyclic) bond motifs is 1. The van der Waals surface area contributed by atoms with Crippen LogP contribution in [0.5, 0.6) is 0 Å². The van der Waals surface area contributed by atoms with Gasteiger partial charge in [-0.3, -0.25) is 4.79 Å². The number of anilines is 2. The highest BCUT2D eigenvalue weighted by atomic mass is 32.1. The maximum atomic E-state index is 12.2. The van der Waals surface area contributed by atoms with Gasteiger partial charge >= 0.3 is 0 Å². The van der Waals surface area contributed by atoms with Crippen molar-refractivity contribution in [2.75, 3.05) is 23.8 Å². The van der Waals surface area contributed by atoms with Crippen LogP contribution in [0.1, 0.15) is 11.1 Å². The molecule has 118 valence electrons. The number of nitrogens with zero attached hydrogens (tertiary/aromatic N) is 2. The van der Waals surface area contributed by atoms with E-state index in [4.69, 9.17) is 0 Å². The molecule has 0 aliphatic rings. The molecular formula is C18H19N3OS. The number of amides is 1. The number of aromatic nitrogens is 1. The smallest absolute Gasteiger partial charge is 0.243 e. The maximum absolute atomic E-state index is 12.2. The molecule has 3 rings (SSSR count). The molecule has 23 heavy (non-hydrogen) atoms. The van der Waals surface area contributed by atoms with Gasteiger partial charge in [0.05, 0.1) is 16.8 Å². The Balaban J connectivity index is 1.67. The van der Waals surface area contributed by atoms with E-state index in [1.807, 2.05) is 61.3 Å². The van der Waals surface area contributed by atoms with E-state index in [0.717, 1.165) is 21.0 Å². The molecule has 1 amide bonds. The van der Waals surface area contributed by atoms with Crippen LogP contribution in [0.4, 0.5) is 10.8 Å². The molecule has 3 aromatic rings. The first-order chi connectivity index (χ1) is 11.0. The summed E-state index contributed by atoms with van der Waals surface area (Å²) in [6.07, 6.45) is 0. The summed E-state index contributed by atoms with van der Waals surface area (Å²) in [5, 5.41) is 3.79. The molecule has 4 nitrogen and oxygen atoms in total. The van der Waals surface area contributed by atoms with E-state index < -0.39 is 0 Å². The second kappa shape index (κ2) is 6.38. The van der Waals surface area contributed by atoms with Crippen molar-refractivity contribution in [2.24, 2.45) is 0 Å². The number of thiazole rings is 1. The van der Waals surface area contributed by atoms with Crippen molar-refractivity contribution in [3.63, 3.8) is 0 Å². The quantitative estimate of drug-likeness (QED) is 0.789. The lowest BCUT2D eigenvalue weighted by Crippen LogP contribution is -2.29. The van der Waals surface area contributed by atoms with E-state index in [1.165, 1.54) is 11.1 Å². The van der Waals surface area contributed by atoms with Crippen molar-refractivity contribution < 1.29 is 4.79 Å². The van der Waals surface area contributed by atoms with Crippen LogP contribution in [-0.2, 0) is 4.79 Å². The van der Waals surface area contributed by atoms with Gasteiger partial charge in [0.2, 0.25) is 5.91 Å². The molecule has 1 heterocycles. The highest BCUT2D eigenvalue weighted by Gasteiger charge is 2.12. The van der Waals surface area contributed by atoms with Gasteiger partial charge in [0.1, 0.15) is 0 Å². The van der Waals surface area contributed by atoms with Crippen LogP contribution >= 0.6 is 11.3 Å². The first-order valence-electron chi connectivity index (χ1n) is 7.47. The topological polar surface area (TPSA) is 45.2 Å². The minimum atomic E-state index is -0.0463. The van der Waals surface area contributed by atoms with Crippen LogP contribution in [0.2, 0.25) is 0 Å². The predicted molar refractivity (Wildman–Crippen MR) is 97.4 cm³/mol. The molecule has 0 aliphatic carbocycles. The summed E-state index contributed by atoms with van der Waals surface area (Å²) in [4.78, 5) is 18.7. The fourth-order valence-corrected chi connectivity index (χ4v) is 3.25. The number of carbonyl (C=O) groups is 1. The second-order valence-electron chi connectivity index (χ2n) is 5.67. The van der Waals surface area contributed by atoms with Crippen LogP contribution in [0.3, 0.4) is 0 Å². The Bertz CT molecular complexity index is 823. The van der Waals surface area contributed by atoms with Crippen LogP contribution in [0.15, 0.2) is 42.5 Å². The van der Waals surface area contributed by atoms with Gasteiger partial charge in [-0.2, -0.15) is 0 Å². The fraction of sp³-hybridized carbons (Fsp3) is 0.222. The average molecular weight is 325 g/mol. The number of likely N-dealkylation sites (N-methyl/N-ethyl adjacent to an activating group) is 1. The van der Waals surface area contributed by atoms with E-state index >= 15 is 0 Å². The molecule has 0 radical (unpaired) electrons. The molecule has 0 saturated carbocycles. The minimum absolute atomic E-state index is 0.0463. The summed E-state index contributed by atoms with van der Waals surface area (Å²) in [5.74, 6) is -0.0463. The second-order valence-corrected chi connectivity index (χ2v) is 6.68. The normalized spacial score (nSPS) is 10.7. The highest BCUT2D eigenvalue weighted by molar-refractivity contribution is 7.22. The largest absolute Gasteiger partial charge is 0.342 e. The Labute approximate surface area is 139 Å². The molecule has 0 bridgehead atoms. The zero-order valence-corrected chi connectivity index (χ0v) is 14.3. The zero-order chi connectivity index (χ0) is 16.4. The van der Waals surface area contributed by atoms with Gasteiger partial charge in [0, 0.05) is 12.7 Å². The molecule has 1 N–H and O–H groups in total. The van der Waals surface area contributed by atoms with Crippen LogP contribution in [0.25, 0.3) is 10.2 Å². The lowest BCUT2D eigenvalue weighted by molar-refractivity contribution is -0.114. The van der Waals surface area contributed by atoms with E-state index in [-0.39, 0.29) is 12.5 Å². The third-order valence-electron chi connectivity index (χ3n) is 3.78. The SMILES string of the molecule is Cc1ccc(NC(=O)CN(C)c2nc3ccccc3s2)cc1C. The van der Waals surface area contributed by atoms with Gasteiger partial charge in [0.15, 0.2) is 5.13 Å². The van der Waals surface area contributed by atoms with Crippen molar-refractivity contribution in [3.8, 4) is 0 Å². The molecule has 0 atom stereocenters. The van der Waals surface area contributed by atoms with E-state index in [1.54, 1.807) is 11.3 Å². The van der Waals surface area contributed by atoms with Crippen molar-refractivity contribution >= 4 is 38.3 Å². The van der Waals surface area contributed by atoms with Crippen LogP contribution in [0, 0.1) is 13.8 Å². The van der Waals surface area contributed by atoms with E-state index in [0.29, 0.717) is 0 Å². The van der Waals surface area contributed by atoms with E-state index in [2.05, 4.69) is 17.2 Å². The molecule has 0 fully saturated rings. The number of para-hydroxylation sites is 1. The number of hydrogen-bond acceptors (Lipinski definition) is 4. The molecule has 2 aromatic carbocycles. The lowest BCUT2D eigenvalue weighted by atomic mass is 10.1. The van der Waals surface area contributed by atoms with Gasteiger partial charge < -0.3 is 10.2 Å². The number of rotatable bonds is 4. The molecule has 1 aromatic heterocycles. The van der Waals surface area contributed by atoms with E-state index in [9.17, 15) is 4.79 Å². The van der Waals surface area contributed by atoms with Gasteiger partial charge in [-0.25, -0.2) is 4.98 Å². The third kappa shape index (κ3) is 3.51. The standard InChI is InChI=1S/C18H19N3OS/c1-12-8-9-14(10-13(12)2)19-17(22)11-21(3)18-20-15-6-4-5-7-16(15)23-18/h4-10H,11H2,1-3H3,(H,19,22). The van der Waals surface area contributed by atoms with Gasteiger partial charge in [-0.05, 0) is 49.2 Å². The van der Waals surface area contributed by atoms with Gasteiger partial charge in [-0.15, -0.1) is 0 Å². The van der Waals surface area contributed by atoms with Crippen molar-refractivity contribution in [1.29, 1.82) is 0 Å². The first-order valence-corrected chi connectivity index (χ1v) is 8.28. The summed E-state index contributed by atoms with van der Waals surface area (Å²) in [6, 6.07) is 13.9. The first kappa shape index (κ1) is 15.5. The predicted octanol–water partition coefficient (Wildman–Crippen LogP) is 3.99. The van der Waals surface area contributed by atoms with Crippen molar-refractivity contribution in [3.05, 3.63) is 53.6 Å². The van der Waals surface area contributed by atoms with Crippen molar-refractivity contribution in [2.45, 2.75) is 13.8 Å². The summed E-state index contributed by atoms with van der Waals surface area (Å²) < 4.78 is 1.13. The Morgan fingerprint density at radius 1 is 1.17 bits per heavy atom.